The number of carbonyl (C=O) groups excluding carboxylic acids is 1. The van der Waals surface area contributed by atoms with Crippen molar-refractivity contribution in [2.24, 2.45) is 0 Å². The number of aliphatic hydroxyl groups is 1. The van der Waals surface area contributed by atoms with Gasteiger partial charge in [0.2, 0.25) is 0 Å². The molecular formula is C15H16ClNO2. The summed E-state index contributed by atoms with van der Waals surface area (Å²) in [5, 5.41) is 9.14. The van der Waals surface area contributed by atoms with Gasteiger partial charge in [0.1, 0.15) is 0 Å². The average molecular weight is 278 g/mol. The highest BCUT2D eigenvalue weighted by atomic mass is 35.5. The zero-order valence-electron chi connectivity index (χ0n) is 10.8. The zero-order valence-corrected chi connectivity index (χ0v) is 11.6. The molecule has 100 valence electrons. The quantitative estimate of drug-likeness (QED) is 0.862. The van der Waals surface area contributed by atoms with Crippen LogP contribution in [-0.2, 0) is 0 Å². The Kier molecular flexibility index (Phi) is 4.47. The first kappa shape index (κ1) is 13.9. The summed E-state index contributed by atoms with van der Waals surface area (Å²) in [6, 6.07) is 5.54. The summed E-state index contributed by atoms with van der Waals surface area (Å²) in [5.74, 6) is 5.69. The minimum atomic E-state index is -0.000678. The van der Waals surface area contributed by atoms with E-state index < -0.39 is 0 Å². The van der Waals surface area contributed by atoms with Crippen molar-refractivity contribution in [3.05, 3.63) is 34.3 Å². The third-order valence-electron chi connectivity index (χ3n) is 3.09. The summed E-state index contributed by atoms with van der Waals surface area (Å²) in [6.45, 7) is 0.0351. The molecule has 1 aromatic rings. The molecular weight excluding hydrogens is 262 g/mol. The Morgan fingerprint density at radius 2 is 2.26 bits per heavy atom. The number of halogens is 1. The van der Waals surface area contributed by atoms with Crippen molar-refractivity contribution in [1.29, 1.82) is 0 Å². The van der Waals surface area contributed by atoms with E-state index >= 15 is 0 Å². The molecule has 3 nitrogen and oxygen atoms in total. The molecule has 0 bridgehead atoms. The lowest BCUT2D eigenvalue weighted by atomic mass is 10.1. The minimum Gasteiger partial charge on any atom is -0.395 e. The molecule has 0 aromatic heterocycles. The van der Waals surface area contributed by atoms with Crippen LogP contribution in [0.4, 0.5) is 0 Å². The number of hydrogen-bond donors (Lipinski definition) is 1. The number of rotatable bonds is 3. The first-order chi connectivity index (χ1) is 9.13. The molecule has 0 atom stereocenters. The fourth-order valence-corrected chi connectivity index (χ4v) is 2.02. The average Bonchev–Trinajstić information content (AvgIpc) is 3.23. The Morgan fingerprint density at radius 3 is 2.84 bits per heavy atom. The van der Waals surface area contributed by atoms with E-state index in [4.69, 9.17) is 16.7 Å². The van der Waals surface area contributed by atoms with E-state index in [1.54, 1.807) is 23.1 Å². The summed E-state index contributed by atoms with van der Waals surface area (Å²) in [6.07, 6.45) is 2.59. The third kappa shape index (κ3) is 3.50. The number of hydrogen-bond acceptors (Lipinski definition) is 2. The molecule has 0 aliphatic heterocycles. The standard InChI is InChI=1S/C15H16ClNO2/c1-17(13-7-8-13)15(19)12-6-5-11(14(16)10-12)4-2-3-9-18/h5-6,10,13,18H,3,7-9H2,1H3. The fraction of sp³-hybridized carbons (Fsp3) is 0.400. The monoisotopic (exact) mass is 277 g/mol. The molecule has 0 heterocycles. The van der Waals surface area contributed by atoms with Gasteiger partial charge in [0.15, 0.2) is 0 Å². The van der Waals surface area contributed by atoms with Crippen molar-refractivity contribution in [3.8, 4) is 11.8 Å². The molecule has 1 aliphatic carbocycles. The maximum atomic E-state index is 12.1. The minimum absolute atomic E-state index is 0.000678. The first-order valence-electron chi connectivity index (χ1n) is 6.30. The molecule has 0 unspecified atom stereocenters. The lowest BCUT2D eigenvalue weighted by Crippen LogP contribution is -2.28. The zero-order chi connectivity index (χ0) is 13.8. The van der Waals surface area contributed by atoms with Gasteiger partial charge in [-0.1, -0.05) is 23.4 Å². The molecule has 1 N–H and O–H groups in total. The highest BCUT2D eigenvalue weighted by Gasteiger charge is 2.30. The Hall–Kier alpha value is -1.50. The van der Waals surface area contributed by atoms with E-state index in [9.17, 15) is 4.79 Å². The second kappa shape index (κ2) is 6.10. The molecule has 1 fully saturated rings. The van der Waals surface area contributed by atoms with Crippen LogP contribution < -0.4 is 0 Å². The summed E-state index contributed by atoms with van der Waals surface area (Å²) >= 11 is 6.12. The number of aliphatic hydroxyl groups excluding tert-OH is 1. The summed E-state index contributed by atoms with van der Waals surface area (Å²) in [5.41, 5.74) is 1.27. The summed E-state index contributed by atoms with van der Waals surface area (Å²) < 4.78 is 0. The molecule has 1 aromatic carbocycles. The van der Waals surface area contributed by atoms with Crippen molar-refractivity contribution in [3.63, 3.8) is 0 Å². The van der Waals surface area contributed by atoms with E-state index in [2.05, 4.69) is 11.8 Å². The van der Waals surface area contributed by atoms with E-state index in [0.717, 1.165) is 12.8 Å². The Bertz CT molecular complexity index is 541. The van der Waals surface area contributed by atoms with E-state index in [-0.39, 0.29) is 12.5 Å². The van der Waals surface area contributed by atoms with Gasteiger partial charge in [-0.25, -0.2) is 0 Å². The Balaban J connectivity index is 2.14. The second-order valence-corrected chi connectivity index (χ2v) is 5.02. The normalized spacial score (nSPS) is 13.6. The van der Waals surface area contributed by atoms with Gasteiger partial charge < -0.3 is 10.0 Å². The van der Waals surface area contributed by atoms with E-state index in [1.807, 2.05) is 7.05 Å². The van der Waals surface area contributed by atoms with Gasteiger partial charge in [0, 0.05) is 30.6 Å². The van der Waals surface area contributed by atoms with Crippen molar-refractivity contribution in [1.82, 2.24) is 4.90 Å². The number of benzene rings is 1. The van der Waals surface area contributed by atoms with Gasteiger partial charge in [-0.3, -0.25) is 4.79 Å². The third-order valence-corrected chi connectivity index (χ3v) is 3.40. The van der Waals surface area contributed by atoms with Crippen LogP contribution in [0.2, 0.25) is 5.02 Å². The number of carbonyl (C=O) groups is 1. The predicted octanol–water partition coefficient (Wildman–Crippen LogP) is 2.31. The second-order valence-electron chi connectivity index (χ2n) is 4.62. The van der Waals surface area contributed by atoms with Crippen LogP contribution in [0.25, 0.3) is 0 Å². The molecule has 1 aliphatic rings. The maximum Gasteiger partial charge on any atom is 0.253 e. The molecule has 1 saturated carbocycles. The van der Waals surface area contributed by atoms with Crippen molar-refractivity contribution >= 4 is 17.5 Å². The fourth-order valence-electron chi connectivity index (χ4n) is 1.79. The Morgan fingerprint density at radius 1 is 1.53 bits per heavy atom. The van der Waals surface area contributed by atoms with Gasteiger partial charge in [-0.2, -0.15) is 0 Å². The van der Waals surface area contributed by atoms with Gasteiger partial charge in [-0.15, -0.1) is 0 Å². The number of nitrogens with zero attached hydrogens (tertiary/aromatic N) is 1. The summed E-state index contributed by atoms with van der Waals surface area (Å²) in [7, 11) is 1.82. The highest BCUT2D eigenvalue weighted by Crippen LogP contribution is 2.27. The molecule has 0 spiro atoms. The van der Waals surface area contributed by atoms with Gasteiger partial charge in [0.05, 0.1) is 11.6 Å². The smallest absolute Gasteiger partial charge is 0.253 e. The predicted molar refractivity (Wildman–Crippen MR) is 75.1 cm³/mol. The van der Waals surface area contributed by atoms with Crippen LogP contribution >= 0.6 is 11.6 Å². The van der Waals surface area contributed by atoms with Crippen LogP contribution in [0.3, 0.4) is 0 Å². The van der Waals surface area contributed by atoms with Crippen LogP contribution in [0.15, 0.2) is 18.2 Å². The molecule has 4 heteroatoms. The summed E-state index contributed by atoms with van der Waals surface area (Å²) in [4.78, 5) is 13.9. The van der Waals surface area contributed by atoms with Crippen LogP contribution in [0.5, 0.6) is 0 Å². The number of amides is 1. The van der Waals surface area contributed by atoms with E-state index in [1.165, 1.54) is 0 Å². The molecule has 1 amide bonds. The van der Waals surface area contributed by atoms with Gasteiger partial charge in [0.25, 0.3) is 5.91 Å². The van der Waals surface area contributed by atoms with Gasteiger partial charge in [-0.05, 0) is 31.0 Å². The molecule has 2 rings (SSSR count). The van der Waals surface area contributed by atoms with Crippen LogP contribution in [0, 0.1) is 11.8 Å². The van der Waals surface area contributed by atoms with Crippen molar-refractivity contribution < 1.29 is 9.90 Å². The first-order valence-corrected chi connectivity index (χ1v) is 6.67. The van der Waals surface area contributed by atoms with Crippen LogP contribution in [0.1, 0.15) is 35.2 Å². The lowest BCUT2D eigenvalue weighted by Gasteiger charge is -2.16. The molecule has 19 heavy (non-hydrogen) atoms. The Labute approximate surface area is 118 Å². The lowest BCUT2D eigenvalue weighted by molar-refractivity contribution is 0.0785. The van der Waals surface area contributed by atoms with E-state index in [0.29, 0.717) is 28.6 Å². The van der Waals surface area contributed by atoms with Gasteiger partial charge >= 0.3 is 0 Å². The van der Waals surface area contributed by atoms with Crippen molar-refractivity contribution in [2.45, 2.75) is 25.3 Å². The highest BCUT2D eigenvalue weighted by molar-refractivity contribution is 6.32. The SMILES string of the molecule is CN(C(=O)c1ccc(C#CCCO)c(Cl)c1)C1CC1. The molecule has 0 radical (unpaired) electrons. The van der Waals surface area contributed by atoms with Crippen LogP contribution in [-0.4, -0.2) is 35.6 Å². The van der Waals surface area contributed by atoms with Crippen molar-refractivity contribution in [2.75, 3.05) is 13.7 Å². The maximum absolute atomic E-state index is 12.1. The topological polar surface area (TPSA) is 40.5 Å². The molecule has 0 saturated heterocycles. The largest absolute Gasteiger partial charge is 0.395 e.